The lowest BCUT2D eigenvalue weighted by Crippen LogP contribution is -2.28. The van der Waals surface area contributed by atoms with E-state index in [2.05, 4.69) is 15.6 Å². The first-order valence-corrected chi connectivity index (χ1v) is 5.85. The summed E-state index contributed by atoms with van der Waals surface area (Å²) >= 11 is 5.09. The van der Waals surface area contributed by atoms with Crippen molar-refractivity contribution in [1.82, 2.24) is 10.3 Å². The molecule has 2 N–H and O–H groups in total. The first kappa shape index (κ1) is 12.4. The van der Waals surface area contributed by atoms with Crippen LogP contribution in [-0.2, 0) is 6.54 Å². The molecule has 92 valence electrons. The van der Waals surface area contributed by atoms with Crippen molar-refractivity contribution in [2.45, 2.75) is 6.54 Å². The van der Waals surface area contributed by atoms with Gasteiger partial charge in [-0.3, -0.25) is 4.98 Å². The molecule has 0 saturated carbocycles. The van der Waals surface area contributed by atoms with Crippen molar-refractivity contribution in [2.24, 2.45) is 0 Å². The van der Waals surface area contributed by atoms with Crippen molar-refractivity contribution in [3.8, 4) is 0 Å². The lowest BCUT2D eigenvalue weighted by molar-refractivity contribution is 0.632. The van der Waals surface area contributed by atoms with E-state index >= 15 is 0 Å². The maximum atomic E-state index is 13.4. The Morgan fingerprint density at radius 2 is 2.06 bits per heavy atom. The summed E-state index contributed by atoms with van der Waals surface area (Å²) in [5.74, 6) is -0.331. The van der Waals surface area contributed by atoms with Gasteiger partial charge in [0.05, 0.1) is 5.69 Å². The molecule has 0 unspecified atom stereocenters. The second kappa shape index (κ2) is 6.07. The Hall–Kier alpha value is -2.01. The predicted octanol–water partition coefficient (Wildman–Crippen LogP) is 2.71. The summed E-state index contributed by atoms with van der Waals surface area (Å²) in [7, 11) is 0. The van der Waals surface area contributed by atoms with Gasteiger partial charge < -0.3 is 10.6 Å². The standard InChI is InChI=1S/C13H12FN3S/c14-11-5-1-2-6-12(11)17-13(18)16-9-10-4-3-7-15-8-10/h1-8H,9H2,(H2,16,17,18). The Kier molecular flexibility index (Phi) is 4.20. The van der Waals surface area contributed by atoms with E-state index in [0.717, 1.165) is 5.56 Å². The fraction of sp³-hybridized carbons (Fsp3) is 0.0769. The van der Waals surface area contributed by atoms with Gasteiger partial charge in [0.1, 0.15) is 5.82 Å². The van der Waals surface area contributed by atoms with E-state index in [1.54, 1.807) is 30.6 Å². The quantitative estimate of drug-likeness (QED) is 0.833. The van der Waals surface area contributed by atoms with Gasteiger partial charge in [-0.15, -0.1) is 0 Å². The Labute approximate surface area is 110 Å². The highest BCUT2D eigenvalue weighted by atomic mass is 32.1. The van der Waals surface area contributed by atoms with Crippen molar-refractivity contribution in [3.63, 3.8) is 0 Å². The van der Waals surface area contributed by atoms with Crippen LogP contribution in [0.3, 0.4) is 0 Å². The zero-order chi connectivity index (χ0) is 12.8. The lowest BCUT2D eigenvalue weighted by Gasteiger charge is -2.10. The Morgan fingerprint density at radius 3 is 2.78 bits per heavy atom. The van der Waals surface area contributed by atoms with E-state index in [0.29, 0.717) is 17.3 Å². The van der Waals surface area contributed by atoms with Crippen LogP contribution in [-0.4, -0.2) is 10.1 Å². The van der Waals surface area contributed by atoms with Crippen molar-refractivity contribution in [3.05, 3.63) is 60.2 Å². The molecule has 0 aliphatic rings. The molecule has 1 heterocycles. The zero-order valence-electron chi connectivity index (χ0n) is 9.56. The average Bonchev–Trinajstić information content (AvgIpc) is 2.40. The maximum absolute atomic E-state index is 13.4. The molecule has 0 spiro atoms. The van der Waals surface area contributed by atoms with Gasteiger partial charge in [-0.05, 0) is 36.0 Å². The highest BCUT2D eigenvalue weighted by Crippen LogP contribution is 2.11. The molecule has 0 amide bonds. The van der Waals surface area contributed by atoms with Gasteiger partial charge in [0.15, 0.2) is 5.11 Å². The van der Waals surface area contributed by atoms with Crippen LogP contribution < -0.4 is 10.6 Å². The fourth-order valence-corrected chi connectivity index (χ4v) is 1.60. The molecule has 18 heavy (non-hydrogen) atoms. The van der Waals surface area contributed by atoms with Gasteiger partial charge in [0, 0.05) is 18.9 Å². The van der Waals surface area contributed by atoms with Crippen LogP contribution in [0.1, 0.15) is 5.56 Å². The van der Waals surface area contributed by atoms with Crippen molar-refractivity contribution in [1.29, 1.82) is 0 Å². The SMILES string of the molecule is Fc1ccccc1NC(=S)NCc1cccnc1. The van der Waals surface area contributed by atoms with E-state index in [4.69, 9.17) is 12.2 Å². The first-order chi connectivity index (χ1) is 8.75. The van der Waals surface area contributed by atoms with Gasteiger partial charge in [-0.1, -0.05) is 18.2 Å². The van der Waals surface area contributed by atoms with E-state index in [1.807, 2.05) is 12.1 Å². The summed E-state index contributed by atoms with van der Waals surface area (Å²) in [6.07, 6.45) is 3.46. The van der Waals surface area contributed by atoms with E-state index in [1.165, 1.54) is 6.07 Å². The Bertz CT molecular complexity index is 531. The van der Waals surface area contributed by atoms with Crippen LogP contribution in [0.5, 0.6) is 0 Å². The minimum Gasteiger partial charge on any atom is -0.358 e. The van der Waals surface area contributed by atoms with Crippen LogP contribution in [0.25, 0.3) is 0 Å². The third-order valence-electron chi connectivity index (χ3n) is 2.30. The molecule has 2 aromatic rings. The molecule has 5 heteroatoms. The van der Waals surface area contributed by atoms with Gasteiger partial charge >= 0.3 is 0 Å². The van der Waals surface area contributed by atoms with E-state index in [9.17, 15) is 4.39 Å². The number of nitrogens with one attached hydrogen (secondary N) is 2. The highest BCUT2D eigenvalue weighted by molar-refractivity contribution is 7.80. The number of rotatable bonds is 3. The van der Waals surface area contributed by atoms with Crippen LogP contribution in [0.15, 0.2) is 48.8 Å². The number of halogens is 1. The number of hydrogen-bond donors (Lipinski definition) is 2. The Balaban J connectivity index is 1.88. The van der Waals surface area contributed by atoms with Crippen molar-refractivity contribution in [2.75, 3.05) is 5.32 Å². The van der Waals surface area contributed by atoms with Crippen molar-refractivity contribution < 1.29 is 4.39 Å². The van der Waals surface area contributed by atoms with Crippen molar-refractivity contribution >= 4 is 23.0 Å². The molecular weight excluding hydrogens is 249 g/mol. The monoisotopic (exact) mass is 261 g/mol. The summed E-state index contributed by atoms with van der Waals surface area (Å²) in [5.41, 5.74) is 1.37. The average molecular weight is 261 g/mol. The van der Waals surface area contributed by atoms with Gasteiger partial charge in [0.2, 0.25) is 0 Å². The molecule has 1 aromatic heterocycles. The summed E-state index contributed by atoms with van der Waals surface area (Å²) in [4.78, 5) is 4.00. The molecule has 1 aromatic carbocycles. The summed E-state index contributed by atoms with van der Waals surface area (Å²) in [6.45, 7) is 0.550. The largest absolute Gasteiger partial charge is 0.358 e. The number of nitrogens with zero attached hydrogens (tertiary/aromatic N) is 1. The molecule has 0 saturated heterocycles. The number of pyridine rings is 1. The molecule has 0 atom stereocenters. The topological polar surface area (TPSA) is 37.0 Å². The number of thiocarbonyl (C=S) groups is 1. The minimum absolute atomic E-state index is 0.331. The summed E-state index contributed by atoms with van der Waals surface area (Å²) in [6, 6.07) is 10.2. The molecule has 0 aliphatic carbocycles. The highest BCUT2D eigenvalue weighted by Gasteiger charge is 2.02. The number of benzene rings is 1. The molecule has 0 radical (unpaired) electrons. The molecule has 3 nitrogen and oxygen atoms in total. The normalized spacial score (nSPS) is 9.83. The summed E-state index contributed by atoms with van der Waals surface area (Å²) < 4.78 is 13.4. The van der Waals surface area contributed by atoms with E-state index < -0.39 is 0 Å². The first-order valence-electron chi connectivity index (χ1n) is 5.44. The zero-order valence-corrected chi connectivity index (χ0v) is 10.4. The number of hydrogen-bond acceptors (Lipinski definition) is 2. The van der Waals surface area contributed by atoms with Crippen LogP contribution in [0.4, 0.5) is 10.1 Å². The molecule has 0 bridgehead atoms. The summed E-state index contributed by atoms with van der Waals surface area (Å²) in [5, 5.41) is 6.17. The van der Waals surface area contributed by atoms with Crippen LogP contribution in [0.2, 0.25) is 0 Å². The van der Waals surface area contributed by atoms with Crippen LogP contribution in [0, 0.1) is 5.82 Å². The smallest absolute Gasteiger partial charge is 0.171 e. The lowest BCUT2D eigenvalue weighted by atomic mass is 10.3. The Morgan fingerprint density at radius 1 is 1.22 bits per heavy atom. The van der Waals surface area contributed by atoms with Gasteiger partial charge in [-0.2, -0.15) is 0 Å². The molecule has 2 rings (SSSR count). The third-order valence-corrected chi connectivity index (χ3v) is 2.54. The second-order valence-corrected chi connectivity index (χ2v) is 4.06. The van der Waals surface area contributed by atoms with Crippen LogP contribution >= 0.6 is 12.2 Å². The predicted molar refractivity (Wildman–Crippen MR) is 73.7 cm³/mol. The van der Waals surface area contributed by atoms with Gasteiger partial charge in [-0.25, -0.2) is 4.39 Å². The number of anilines is 1. The fourth-order valence-electron chi connectivity index (χ4n) is 1.41. The number of aromatic nitrogens is 1. The third kappa shape index (κ3) is 3.49. The molecule has 0 fully saturated rings. The molecule has 0 aliphatic heterocycles. The second-order valence-electron chi connectivity index (χ2n) is 3.65. The maximum Gasteiger partial charge on any atom is 0.171 e. The number of para-hydroxylation sites is 1. The van der Waals surface area contributed by atoms with E-state index in [-0.39, 0.29) is 5.82 Å². The minimum atomic E-state index is -0.331. The van der Waals surface area contributed by atoms with Gasteiger partial charge in [0.25, 0.3) is 0 Å². The molecular formula is C13H12FN3S.